The van der Waals surface area contributed by atoms with E-state index in [1.165, 1.54) is 6.26 Å². The minimum atomic E-state index is -3.14. The van der Waals surface area contributed by atoms with Gasteiger partial charge < -0.3 is 10.8 Å². The summed E-state index contributed by atoms with van der Waals surface area (Å²) in [5.74, 6) is 0. The standard InChI is InChI=1S/C11H17NO3S.ClH/c1-16(14,15)10-6-4-9(5-7-10)11(12)3-2-8-13;/h4-7,11,13H,2-3,8,12H2,1H3;1H/t11-;/m1./s1. The second-order valence-electron chi connectivity index (χ2n) is 3.81. The van der Waals surface area contributed by atoms with Crippen molar-refractivity contribution in [3.63, 3.8) is 0 Å². The van der Waals surface area contributed by atoms with Gasteiger partial charge in [-0.25, -0.2) is 8.42 Å². The molecule has 1 aromatic rings. The molecule has 0 bridgehead atoms. The minimum absolute atomic E-state index is 0. The first-order valence-electron chi connectivity index (χ1n) is 5.11. The zero-order chi connectivity index (χ0) is 12.2. The van der Waals surface area contributed by atoms with Crippen LogP contribution in [0, 0.1) is 0 Å². The summed E-state index contributed by atoms with van der Waals surface area (Å²) < 4.78 is 22.4. The van der Waals surface area contributed by atoms with Gasteiger partial charge in [0.05, 0.1) is 4.90 Å². The molecule has 0 spiro atoms. The Morgan fingerprint density at radius 1 is 1.29 bits per heavy atom. The van der Waals surface area contributed by atoms with Gasteiger partial charge in [-0.2, -0.15) is 0 Å². The Bertz CT molecular complexity index is 431. The Morgan fingerprint density at radius 2 is 1.82 bits per heavy atom. The summed E-state index contributed by atoms with van der Waals surface area (Å²) in [7, 11) is -3.14. The molecule has 1 rings (SSSR count). The molecule has 0 radical (unpaired) electrons. The number of rotatable bonds is 5. The van der Waals surface area contributed by atoms with Crippen molar-refractivity contribution >= 4 is 22.2 Å². The van der Waals surface area contributed by atoms with E-state index in [1.54, 1.807) is 24.3 Å². The third kappa shape index (κ3) is 5.04. The molecular formula is C11H18ClNO3S. The lowest BCUT2D eigenvalue weighted by Crippen LogP contribution is -2.11. The number of aliphatic hydroxyl groups is 1. The van der Waals surface area contributed by atoms with Gasteiger partial charge in [0.25, 0.3) is 0 Å². The fraction of sp³-hybridized carbons (Fsp3) is 0.455. The molecule has 1 aromatic carbocycles. The van der Waals surface area contributed by atoms with Crippen LogP contribution in [0.1, 0.15) is 24.4 Å². The molecule has 0 fully saturated rings. The number of sulfone groups is 1. The summed E-state index contributed by atoms with van der Waals surface area (Å²) in [4.78, 5) is 0.297. The third-order valence-corrected chi connectivity index (χ3v) is 3.54. The van der Waals surface area contributed by atoms with Crippen molar-refractivity contribution in [1.29, 1.82) is 0 Å². The highest BCUT2D eigenvalue weighted by atomic mass is 35.5. The molecule has 0 aliphatic rings. The molecule has 0 aliphatic carbocycles. The average Bonchev–Trinajstić information content (AvgIpc) is 2.25. The lowest BCUT2D eigenvalue weighted by atomic mass is 10.0. The van der Waals surface area contributed by atoms with Crippen molar-refractivity contribution in [1.82, 2.24) is 0 Å². The normalized spacial score (nSPS) is 12.9. The Balaban J connectivity index is 0.00000256. The van der Waals surface area contributed by atoms with Gasteiger partial charge >= 0.3 is 0 Å². The van der Waals surface area contributed by atoms with Gasteiger partial charge in [0.2, 0.25) is 0 Å². The van der Waals surface area contributed by atoms with Crippen molar-refractivity contribution in [2.24, 2.45) is 5.73 Å². The highest BCUT2D eigenvalue weighted by Crippen LogP contribution is 2.18. The molecule has 0 aromatic heterocycles. The van der Waals surface area contributed by atoms with Crippen LogP contribution in [0.2, 0.25) is 0 Å². The fourth-order valence-corrected chi connectivity index (χ4v) is 2.07. The number of aliphatic hydroxyl groups excluding tert-OH is 1. The van der Waals surface area contributed by atoms with E-state index < -0.39 is 9.84 Å². The lowest BCUT2D eigenvalue weighted by molar-refractivity contribution is 0.280. The van der Waals surface area contributed by atoms with Crippen molar-refractivity contribution < 1.29 is 13.5 Å². The maximum Gasteiger partial charge on any atom is 0.175 e. The van der Waals surface area contributed by atoms with Gasteiger partial charge in [-0.15, -0.1) is 12.4 Å². The largest absolute Gasteiger partial charge is 0.396 e. The second-order valence-corrected chi connectivity index (χ2v) is 5.83. The highest BCUT2D eigenvalue weighted by Gasteiger charge is 2.09. The summed E-state index contributed by atoms with van der Waals surface area (Å²) >= 11 is 0. The third-order valence-electron chi connectivity index (χ3n) is 2.41. The maximum absolute atomic E-state index is 11.2. The molecule has 0 saturated heterocycles. The van der Waals surface area contributed by atoms with Crippen LogP contribution in [0.25, 0.3) is 0 Å². The summed E-state index contributed by atoms with van der Waals surface area (Å²) in [6.07, 6.45) is 2.51. The SMILES string of the molecule is CS(=O)(=O)c1ccc([C@H](N)CCCO)cc1.Cl. The van der Waals surface area contributed by atoms with E-state index in [-0.39, 0.29) is 25.1 Å². The van der Waals surface area contributed by atoms with Gasteiger partial charge in [0, 0.05) is 18.9 Å². The van der Waals surface area contributed by atoms with Crippen LogP contribution in [0.4, 0.5) is 0 Å². The van der Waals surface area contributed by atoms with Gasteiger partial charge in [0.1, 0.15) is 0 Å². The molecule has 98 valence electrons. The Hall–Kier alpha value is -0.620. The molecule has 6 heteroatoms. The van der Waals surface area contributed by atoms with Gasteiger partial charge in [-0.1, -0.05) is 12.1 Å². The first-order valence-corrected chi connectivity index (χ1v) is 7.00. The van der Waals surface area contributed by atoms with Crippen molar-refractivity contribution in [2.45, 2.75) is 23.8 Å². The van der Waals surface area contributed by atoms with Crippen LogP contribution in [0.5, 0.6) is 0 Å². The van der Waals surface area contributed by atoms with E-state index >= 15 is 0 Å². The van der Waals surface area contributed by atoms with Crippen LogP contribution < -0.4 is 5.73 Å². The quantitative estimate of drug-likeness (QED) is 0.851. The predicted octanol–water partition coefficient (Wildman–Crippen LogP) is 1.28. The Labute approximate surface area is 108 Å². The van der Waals surface area contributed by atoms with E-state index in [9.17, 15) is 8.42 Å². The molecule has 3 N–H and O–H groups in total. The first-order chi connectivity index (χ1) is 7.45. The predicted molar refractivity (Wildman–Crippen MR) is 70.0 cm³/mol. The van der Waals surface area contributed by atoms with Crippen molar-refractivity contribution in [2.75, 3.05) is 12.9 Å². The molecule has 0 amide bonds. The van der Waals surface area contributed by atoms with Crippen LogP contribution in [0.15, 0.2) is 29.2 Å². The van der Waals surface area contributed by atoms with Crippen LogP contribution in [-0.4, -0.2) is 26.4 Å². The topological polar surface area (TPSA) is 80.4 Å². The van der Waals surface area contributed by atoms with Gasteiger partial charge in [-0.3, -0.25) is 0 Å². The lowest BCUT2D eigenvalue weighted by Gasteiger charge is -2.11. The highest BCUT2D eigenvalue weighted by molar-refractivity contribution is 7.90. The van der Waals surface area contributed by atoms with Gasteiger partial charge in [-0.05, 0) is 30.5 Å². The average molecular weight is 280 g/mol. The fourth-order valence-electron chi connectivity index (χ4n) is 1.44. The van der Waals surface area contributed by atoms with E-state index in [4.69, 9.17) is 10.8 Å². The molecule has 17 heavy (non-hydrogen) atoms. The number of halogens is 1. The first kappa shape index (κ1) is 16.4. The maximum atomic E-state index is 11.2. The van der Waals surface area contributed by atoms with Crippen molar-refractivity contribution in [3.05, 3.63) is 29.8 Å². The van der Waals surface area contributed by atoms with Crippen molar-refractivity contribution in [3.8, 4) is 0 Å². The number of hydrogen-bond acceptors (Lipinski definition) is 4. The summed E-state index contributed by atoms with van der Waals surface area (Å²) in [6.45, 7) is 0.120. The zero-order valence-electron chi connectivity index (χ0n) is 9.67. The molecule has 4 nitrogen and oxygen atoms in total. The molecular weight excluding hydrogens is 262 g/mol. The molecule has 0 unspecified atom stereocenters. The van der Waals surface area contributed by atoms with Crippen LogP contribution >= 0.6 is 12.4 Å². The Morgan fingerprint density at radius 3 is 2.24 bits per heavy atom. The van der Waals surface area contributed by atoms with Gasteiger partial charge in [0.15, 0.2) is 9.84 Å². The van der Waals surface area contributed by atoms with E-state index in [0.717, 1.165) is 5.56 Å². The summed E-state index contributed by atoms with van der Waals surface area (Å²) in [5.41, 5.74) is 6.77. The smallest absolute Gasteiger partial charge is 0.175 e. The minimum Gasteiger partial charge on any atom is -0.396 e. The number of benzene rings is 1. The van der Waals surface area contributed by atoms with E-state index in [2.05, 4.69) is 0 Å². The molecule has 0 aliphatic heterocycles. The second kappa shape index (κ2) is 6.96. The van der Waals surface area contributed by atoms with Crippen LogP contribution in [-0.2, 0) is 9.84 Å². The Kier molecular flexibility index (Phi) is 6.70. The molecule has 1 atom stereocenters. The van der Waals surface area contributed by atoms with E-state index in [1.807, 2.05) is 0 Å². The zero-order valence-corrected chi connectivity index (χ0v) is 11.3. The number of hydrogen-bond donors (Lipinski definition) is 2. The van der Waals surface area contributed by atoms with Crippen LogP contribution in [0.3, 0.4) is 0 Å². The monoisotopic (exact) mass is 279 g/mol. The van der Waals surface area contributed by atoms with E-state index in [0.29, 0.717) is 17.7 Å². The summed E-state index contributed by atoms with van der Waals surface area (Å²) in [6, 6.07) is 6.41. The number of nitrogens with two attached hydrogens (primary N) is 1. The molecule has 0 saturated carbocycles. The molecule has 0 heterocycles. The summed E-state index contributed by atoms with van der Waals surface area (Å²) in [5, 5.41) is 8.68.